The highest BCUT2D eigenvalue weighted by molar-refractivity contribution is 5.98. The second kappa shape index (κ2) is 9.41. The van der Waals surface area contributed by atoms with Gasteiger partial charge < -0.3 is 9.72 Å². The molecule has 3 N–H and O–H groups in total. The summed E-state index contributed by atoms with van der Waals surface area (Å²) in [5.41, 5.74) is 3.88. The number of aromatic nitrogens is 2. The highest BCUT2D eigenvalue weighted by Gasteiger charge is 2.18. The Morgan fingerprint density at radius 1 is 0.971 bits per heavy atom. The fourth-order valence-electron chi connectivity index (χ4n) is 3.25. The minimum Gasteiger partial charge on any atom is -0.478 e. The molecule has 0 bridgehead atoms. The van der Waals surface area contributed by atoms with E-state index in [0.29, 0.717) is 5.69 Å². The fourth-order valence-corrected chi connectivity index (χ4v) is 3.25. The molecule has 34 heavy (non-hydrogen) atoms. The van der Waals surface area contributed by atoms with Gasteiger partial charge in [-0.1, -0.05) is 30.3 Å². The van der Waals surface area contributed by atoms with Crippen LogP contribution in [0.15, 0.2) is 82.4 Å². The third kappa shape index (κ3) is 4.56. The Kier molecular flexibility index (Phi) is 6.22. The highest BCUT2D eigenvalue weighted by atomic mass is 19.1. The van der Waals surface area contributed by atoms with Crippen molar-refractivity contribution in [3.63, 3.8) is 0 Å². The standard InChI is InChI=1S/C24H19FN4O5/c1-14(34-20-10-6-5-9-18(20)25)21(30)27-28-22(31)15-11-12-17-19(13-15)26-24(33)29(23(17)32)16-7-3-2-4-8-16/h2-14H,1H3,(H,26,33)(H,27,30)(H,28,31). The number of halogens is 1. The molecule has 0 spiro atoms. The number of hydrogen-bond donors (Lipinski definition) is 3. The Bertz CT molecular complexity index is 1500. The van der Waals surface area contributed by atoms with Crippen LogP contribution in [0.3, 0.4) is 0 Å². The van der Waals surface area contributed by atoms with Gasteiger partial charge in [-0.3, -0.25) is 25.2 Å². The lowest BCUT2D eigenvalue weighted by molar-refractivity contribution is -0.128. The highest BCUT2D eigenvalue weighted by Crippen LogP contribution is 2.17. The molecule has 10 heteroatoms. The van der Waals surface area contributed by atoms with Crippen LogP contribution in [0, 0.1) is 5.82 Å². The van der Waals surface area contributed by atoms with Crippen molar-refractivity contribution in [3.05, 3.63) is 105 Å². The van der Waals surface area contributed by atoms with Crippen LogP contribution in [0.25, 0.3) is 16.6 Å². The maximum atomic E-state index is 13.7. The minimum absolute atomic E-state index is 0.0861. The molecule has 3 aromatic carbocycles. The zero-order valence-electron chi connectivity index (χ0n) is 17.9. The molecule has 0 radical (unpaired) electrons. The van der Waals surface area contributed by atoms with Crippen molar-refractivity contribution in [2.24, 2.45) is 0 Å². The van der Waals surface area contributed by atoms with Crippen LogP contribution in [0.4, 0.5) is 4.39 Å². The van der Waals surface area contributed by atoms with E-state index in [9.17, 15) is 23.6 Å². The summed E-state index contributed by atoms with van der Waals surface area (Å²) in [4.78, 5) is 52.6. The van der Waals surface area contributed by atoms with Crippen molar-refractivity contribution in [1.82, 2.24) is 20.4 Å². The largest absolute Gasteiger partial charge is 0.478 e. The average molecular weight is 462 g/mol. The first-order valence-corrected chi connectivity index (χ1v) is 10.2. The first kappa shape index (κ1) is 22.5. The van der Waals surface area contributed by atoms with Crippen molar-refractivity contribution < 1.29 is 18.7 Å². The van der Waals surface area contributed by atoms with E-state index in [-0.39, 0.29) is 22.2 Å². The van der Waals surface area contributed by atoms with Gasteiger partial charge in [0.2, 0.25) is 0 Å². The van der Waals surface area contributed by atoms with Gasteiger partial charge >= 0.3 is 5.69 Å². The summed E-state index contributed by atoms with van der Waals surface area (Å²) in [5.74, 6) is -2.13. The van der Waals surface area contributed by atoms with Gasteiger partial charge in [-0.05, 0) is 49.4 Å². The number of rotatable bonds is 5. The molecule has 172 valence electrons. The number of nitrogens with one attached hydrogen (secondary N) is 3. The lowest BCUT2D eigenvalue weighted by atomic mass is 10.1. The number of ether oxygens (including phenoxy) is 1. The van der Waals surface area contributed by atoms with Crippen LogP contribution in [-0.2, 0) is 4.79 Å². The first-order valence-electron chi connectivity index (χ1n) is 10.2. The number of aromatic amines is 1. The summed E-state index contributed by atoms with van der Waals surface area (Å²) in [6.45, 7) is 1.40. The van der Waals surface area contributed by atoms with Crippen LogP contribution in [-0.4, -0.2) is 27.5 Å². The monoisotopic (exact) mass is 462 g/mol. The maximum Gasteiger partial charge on any atom is 0.333 e. The number of amides is 2. The molecular formula is C24H19FN4O5. The fraction of sp³-hybridized carbons (Fsp3) is 0.0833. The smallest absolute Gasteiger partial charge is 0.333 e. The molecule has 4 aromatic rings. The molecule has 0 aliphatic carbocycles. The number of H-pyrrole nitrogens is 1. The van der Waals surface area contributed by atoms with Gasteiger partial charge in [0.05, 0.1) is 16.6 Å². The Morgan fingerprint density at radius 2 is 1.68 bits per heavy atom. The first-order chi connectivity index (χ1) is 16.3. The Morgan fingerprint density at radius 3 is 2.41 bits per heavy atom. The molecule has 0 aliphatic heterocycles. The molecule has 1 atom stereocenters. The van der Waals surface area contributed by atoms with Crippen LogP contribution >= 0.6 is 0 Å². The van der Waals surface area contributed by atoms with Crippen LogP contribution < -0.4 is 26.8 Å². The lowest BCUT2D eigenvalue weighted by Gasteiger charge is -2.15. The van der Waals surface area contributed by atoms with E-state index in [2.05, 4.69) is 15.8 Å². The predicted octanol–water partition coefficient (Wildman–Crippen LogP) is 2.05. The number of fused-ring (bicyclic) bond motifs is 1. The quantitative estimate of drug-likeness (QED) is 0.392. The number of carbonyl (C=O) groups excluding carboxylic acids is 2. The van der Waals surface area contributed by atoms with Gasteiger partial charge in [0.1, 0.15) is 0 Å². The third-order valence-corrected chi connectivity index (χ3v) is 4.98. The van der Waals surface area contributed by atoms with Gasteiger partial charge in [-0.15, -0.1) is 0 Å². The van der Waals surface area contributed by atoms with Crippen molar-refractivity contribution >= 4 is 22.7 Å². The average Bonchev–Trinajstić information content (AvgIpc) is 2.84. The number of benzene rings is 3. The van der Waals surface area contributed by atoms with Crippen LogP contribution in [0.2, 0.25) is 0 Å². The third-order valence-electron chi connectivity index (χ3n) is 4.98. The normalized spacial score (nSPS) is 11.6. The number of para-hydroxylation sites is 2. The van der Waals surface area contributed by atoms with Gasteiger partial charge in [0.15, 0.2) is 17.7 Å². The molecule has 4 rings (SSSR count). The molecular weight excluding hydrogens is 443 g/mol. The minimum atomic E-state index is -1.10. The number of hydrogen-bond acceptors (Lipinski definition) is 5. The van der Waals surface area contributed by atoms with Crippen molar-refractivity contribution in [3.8, 4) is 11.4 Å². The van der Waals surface area contributed by atoms with Gasteiger partial charge in [0, 0.05) is 5.56 Å². The second-order valence-corrected chi connectivity index (χ2v) is 7.30. The zero-order chi connectivity index (χ0) is 24.2. The molecule has 0 saturated heterocycles. The van der Waals surface area contributed by atoms with Crippen molar-refractivity contribution in [2.75, 3.05) is 0 Å². The maximum absolute atomic E-state index is 13.7. The summed E-state index contributed by atoms with van der Waals surface area (Å²) in [6, 6.07) is 18.2. The van der Waals surface area contributed by atoms with E-state index in [1.54, 1.807) is 36.4 Å². The van der Waals surface area contributed by atoms with Gasteiger partial charge in [-0.2, -0.15) is 0 Å². The molecule has 1 heterocycles. The lowest BCUT2D eigenvalue weighted by Crippen LogP contribution is -2.47. The van der Waals surface area contributed by atoms with E-state index in [4.69, 9.17) is 4.74 Å². The zero-order valence-corrected chi connectivity index (χ0v) is 17.9. The molecule has 0 saturated carbocycles. The summed E-state index contributed by atoms with van der Waals surface area (Å²) in [5, 5.41) is 0.205. The van der Waals surface area contributed by atoms with E-state index in [1.807, 2.05) is 0 Å². The Balaban J connectivity index is 1.49. The Hall–Kier alpha value is -4.73. The molecule has 0 fully saturated rings. The molecule has 0 aliphatic rings. The number of hydrazine groups is 1. The SMILES string of the molecule is CC(Oc1ccccc1F)C(=O)NNC(=O)c1ccc2c(=O)n(-c3ccccc3)c(=O)[nH]c2c1. The van der Waals surface area contributed by atoms with E-state index in [1.165, 1.54) is 43.3 Å². The summed E-state index contributed by atoms with van der Waals surface area (Å²) >= 11 is 0. The second-order valence-electron chi connectivity index (χ2n) is 7.30. The summed E-state index contributed by atoms with van der Waals surface area (Å²) < 4.78 is 19.9. The molecule has 1 unspecified atom stereocenters. The predicted molar refractivity (Wildman–Crippen MR) is 122 cm³/mol. The summed E-state index contributed by atoms with van der Waals surface area (Å²) in [7, 11) is 0. The molecule has 2 amide bonds. The topological polar surface area (TPSA) is 122 Å². The van der Waals surface area contributed by atoms with Crippen LogP contribution in [0.5, 0.6) is 5.75 Å². The van der Waals surface area contributed by atoms with Gasteiger partial charge in [0.25, 0.3) is 17.4 Å². The summed E-state index contributed by atoms with van der Waals surface area (Å²) in [6.07, 6.45) is -1.10. The van der Waals surface area contributed by atoms with E-state index in [0.717, 1.165) is 4.57 Å². The molecule has 1 aromatic heterocycles. The van der Waals surface area contributed by atoms with Crippen molar-refractivity contribution in [2.45, 2.75) is 13.0 Å². The number of carbonyl (C=O) groups is 2. The van der Waals surface area contributed by atoms with Gasteiger partial charge in [-0.25, -0.2) is 13.8 Å². The van der Waals surface area contributed by atoms with Crippen molar-refractivity contribution in [1.29, 1.82) is 0 Å². The van der Waals surface area contributed by atoms with Crippen LogP contribution in [0.1, 0.15) is 17.3 Å². The number of nitrogens with zero attached hydrogens (tertiary/aromatic N) is 1. The van der Waals surface area contributed by atoms with E-state index < -0.39 is 35.0 Å². The Labute approximate surface area is 191 Å². The molecule has 9 nitrogen and oxygen atoms in total. The van der Waals surface area contributed by atoms with E-state index >= 15 is 0 Å².